The summed E-state index contributed by atoms with van der Waals surface area (Å²) in [6.45, 7) is 3.63. The highest BCUT2D eigenvalue weighted by molar-refractivity contribution is 7.80. The van der Waals surface area contributed by atoms with Gasteiger partial charge in [-0.05, 0) is 44.4 Å². The smallest absolute Gasteiger partial charge is 0.303 e. The normalized spacial score (nSPS) is 25.4. The van der Waals surface area contributed by atoms with E-state index in [1.807, 2.05) is 0 Å². The van der Waals surface area contributed by atoms with E-state index < -0.39 is 5.97 Å². The van der Waals surface area contributed by atoms with Crippen LogP contribution in [0.4, 0.5) is 0 Å². The lowest BCUT2D eigenvalue weighted by Crippen LogP contribution is -2.39. The molecule has 4 atom stereocenters. The Labute approximate surface area is 179 Å². The fourth-order valence-electron chi connectivity index (χ4n) is 4.33. The lowest BCUT2D eigenvalue weighted by atomic mass is 9.77. The Morgan fingerprint density at radius 1 is 1.10 bits per heavy atom. The highest BCUT2D eigenvalue weighted by atomic mass is 32.1. The van der Waals surface area contributed by atoms with E-state index in [1.165, 1.54) is 12.8 Å². The van der Waals surface area contributed by atoms with Crippen LogP contribution in [0.5, 0.6) is 0 Å². The average Bonchev–Trinajstić information content (AvgIpc) is 3.28. The quantitative estimate of drug-likeness (QED) is 0.224. The topological polar surface area (TPSA) is 87.7 Å². The lowest BCUT2D eigenvalue weighted by Gasteiger charge is -2.27. The number of unbranched alkanes of at least 4 members (excludes halogenated alkanes) is 3. The molecule has 6 nitrogen and oxygen atoms in total. The van der Waals surface area contributed by atoms with Crippen molar-refractivity contribution in [3.05, 3.63) is 12.2 Å². The van der Waals surface area contributed by atoms with Gasteiger partial charge in [-0.15, -0.1) is 0 Å². The van der Waals surface area contributed by atoms with Crippen LogP contribution in [0.15, 0.2) is 12.2 Å². The zero-order chi connectivity index (χ0) is 21.1. The molecule has 2 bridgehead atoms. The molecule has 0 aromatic heterocycles. The van der Waals surface area contributed by atoms with Gasteiger partial charge in [0.1, 0.15) is 0 Å². The maximum Gasteiger partial charge on any atom is 0.303 e. The zero-order valence-corrected chi connectivity index (χ0v) is 18.3. The number of carboxylic acid groups (broad SMARTS) is 1. The molecule has 164 valence electrons. The average molecular weight is 425 g/mol. The summed E-state index contributed by atoms with van der Waals surface area (Å²) in [5.41, 5.74) is 0. The summed E-state index contributed by atoms with van der Waals surface area (Å²) in [5, 5.41) is 14.9. The van der Waals surface area contributed by atoms with Gasteiger partial charge in [-0.25, -0.2) is 0 Å². The second-order valence-corrected chi connectivity index (χ2v) is 8.64. The van der Waals surface area contributed by atoms with Gasteiger partial charge in [-0.1, -0.05) is 44.1 Å². The molecule has 2 saturated heterocycles. The van der Waals surface area contributed by atoms with Gasteiger partial charge in [0, 0.05) is 25.4 Å². The van der Waals surface area contributed by atoms with Crippen molar-refractivity contribution in [2.75, 3.05) is 13.1 Å². The summed E-state index contributed by atoms with van der Waals surface area (Å²) in [6.07, 6.45) is 13.2. The molecule has 29 heavy (non-hydrogen) atoms. The molecule has 1 amide bonds. The van der Waals surface area contributed by atoms with Gasteiger partial charge in [0.25, 0.3) is 0 Å². The summed E-state index contributed by atoms with van der Waals surface area (Å²) in [6, 6.07) is 0. The van der Waals surface area contributed by atoms with E-state index in [0.29, 0.717) is 29.8 Å². The van der Waals surface area contributed by atoms with Crippen molar-refractivity contribution >= 4 is 29.1 Å². The molecule has 7 heteroatoms. The van der Waals surface area contributed by atoms with Gasteiger partial charge in [-0.3, -0.25) is 9.59 Å². The van der Waals surface area contributed by atoms with Crippen LogP contribution >= 0.6 is 12.2 Å². The van der Waals surface area contributed by atoms with E-state index in [-0.39, 0.29) is 31.0 Å². The molecule has 0 spiro atoms. The van der Waals surface area contributed by atoms with E-state index in [1.54, 1.807) is 0 Å². The van der Waals surface area contributed by atoms with Crippen LogP contribution in [-0.4, -0.2) is 47.3 Å². The van der Waals surface area contributed by atoms with Crippen LogP contribution in [0.25, 0.3) is 0 Å². The molecule has 0 saturated carbocycles. The molecule has 3 N–H and O–H groups in total. The number of carboxylic acids is 1. The molecular formula is C22H36N2O4S. The predicted octanol–water partition coefficient (Wildman–Crippen LogP) is 3.59. The van der Waals surface area contributed by atoms with E-state index in [2.05, 4.69) is 29.7 Å². The molecule has 2 heterocycles. The number of carbonyl (C=O) groups is 2. The highest BCUT2D eigenvalue weighted by Gasteiger charge is 2.47. The van der Waals surface area contributed by atoms with Crippen LogP contribution in [0.3, 0.4) is 0 Å². The molecule has 0 aromatic rings. The van der Waals surface area contributed by atoms with E-state index in [9.17, 15) is 9.59 Å². The molecule has 2 aliphatic rings. The minimum absolute atomic E-state index is 0.0243. The molecule has 2 aliphatic heterocycles. The van der Waals surface area contributed by atoms with Gasteiger partial charge < -0.3 is 20.5 Å². The Bertz CT molecular complexity index is 581. The van der Waals surface area contributed by atoms with E-state index in [0.717, 1.165) is 38.6 Å². The molecule has 0 radical (unpaired) electrons. The molecule has 2 rings (SSSR count). The number of hydrogen-bond acceptors (Lipinski definition) is 4. The van der Waals surface area contributed by atoms with Gasteiger partial charge in [0.05, 0.1) is 23.6 Å². The SMILES string of the molecule is CCCCCNC(=S)CC(=O)NC[C@H]1[C@@H](CC=CCCCC(=O)O)[C@H]2CC[C@@H]1O2. The van der Waals surface area contributed by atoms with Gasteiger partial charge in [0.2, 0.25) is 5.91 Å². The van der Waals surface area contributed by atoms with E-state index in [4.69, 9.17) is 22.1 Å². The third-order valence-corrected chi connectivity index (χ3v) is 6.17. The summed E-state index contributed by atoms with van der Waals surface area (Å²) in [7, 11) is 0. The Hall–Kier alpha value is -1.47. The lowest BCUT2D eigenvalue weighted by molar-refractivity contribution is -0.137. The number of hydrogen-bond donors (Lipinski definition) is 3. The van der Waals surface area contributed by atoms with Gasteiger partial charge in [-0.2, -0.15) is 0 Å². The molecule has 0 unspecified atom stereocenters. The number of fused-ring (bicyclic) bond motifs is 2. The minimum Gasteiger partial charge on any atom is -0.481 e. The van der Waals surface area contributed by atoms with Crippen LogP contribution in [0.2, 0.25) is 0 Å². The second kappa shape index (κ2) is 13.0. The van der Waals surface area contributed by atoms with Crippen molar-refractivity contribution in [1.29, 1.82) is 0 Å². The van der Waals surface area contributed by atoms with Crippen molar-refractivity contribution < 1.29 is 19.4 Å². The zero-order valence-electron chi connectivity index (χ0n) is 17.5. The van der Waals surface area contributed by atoms with Gasteiger partial charge in [0.15, 0.2) is 0 Å². The Morgan fingerprint density at radius 2 is 1.86 bits per heavy atom. The summed E-state index contributed by atoms with van der Waals surface area (Å²) < 4.78 is 6.10. The summed E-state index contributed by atoms with van der Waals surface area (Å²) in [4.78, 5) is 23.4. The minimum atomic E-state index is -0.744. The number of allylic oxidation sites excluding steroid dienone is 2. The van der Waals surface area contributed by atoms with Crippen molar-refractivity contribution in [2.24, 2.45) is 11.8 Å². The first-order chi connectivity index (χ1) is 14.0. The standard InChI is InChI=1S/C22H36N2O4S/c1-2-3-8-13-23-21(29)14-20(25)24-15-17-16(18-11-12-19(17)28-18)9-6-4-5-7-10-22(26)27/h4,6,16-19H,2-3,5,7-15H2,1H3,(H,23,29)(H,24,25)(H,26,27)/t16-,17+,18-,19+/m1/s1. The first-order valence-electron chi connectivity index (χ1n) is 11.1. The highest BCUT2D eigenvalue weighted by Crippen LogP contribution is 2.44. The molecule has 0 aliphatic carbocycles. The van der Waals surface area contributed by atoms with Crippen LogP contribution in [0, 0.1) is 11.8 Å². The summed E-state index contributed by atoms with van der Waals surface area (Å²) in [5.74, 6) is -0.00794. The Balaban J connectivity index is 1.69. The van der Waals surface area contributed by atoms with Crippen LogP contribution in [0.1, 0.15) is 71.1 Å². The summed E-state index contributed by atoms with van der Waals surface area (Å²) >= 11 is 5.27. The number of nitrogens with one attached hydrogen (secondary N) is 2. The third kappa shape index (κ3) is 8.42. The number of ether oxygens (including phenoxy) is 1. The molecule has 0 aromatic carbocycles. The maximum atomic E-state index is 12.3. The molecule has 2 fully saturated rings. The van der Waals surface area contributed by atoms with Crippen molar-refractivity contribution in [3.8, 4) is 0 Å². The van der Waals surface area contributed by atoms with Crippen LogP contribution < -0.4 is 10.6 Å². The predicted molar refractivity (Wildman–Crippen MR) is 118 cm³/mol. The number of carbonyl (C=O) groups excluding carboxylic acids is 1. The maximum absolute atomic E-state index is 12.3. The molecular weight excluding hydrogens is 388 g/mol. The van der Waals surface area contributed by atoms with E-state index >= 15 is 0 Å². The monoisotopic (exact) mass is 424 g/mol. The number of rotatable bonds is 14. The third-order valence-electron chi connectivity index (χ3n) is 5.89. The number of aliphatic carboxylic acids is 1. The number of thiocarbonyl (C=S) groups is 1. The number of amides is 1. The Kier molecular flexibility index (Phi) is 10.6. The van der Waals surface area contributed by atoms with Crippen molar-refractivity contribution in [2.45, 2.75) is 83.3 Å². The van der Waals surface area contributed by atoms with Crippen molar-refractivity contribution in [3.63, 3.8) is 0 Å². The van der Waals surface area contributed by atoms with Crippen molar-refractivity contribution in [1.82, 2.24) is 10.6 Å². The fraction of sp³-hybridized carbons (Fsp3) is 0.773. The first-order valence-corrected chi connectivity index (χ1v) is 11.5. The first kappa shape index (κ1) is 23.8. The Morgan fingerprint density at radius 3 is 2.59 bits per heavy atom. The fourth-order valence-corrected chi connectivity index (χ4v) is 4.56. The largest absolute Gasteiger partial charge is 0.481 e. The second-order valence-electron chi connectivity index (χ2n) is 8.15. The van der Waals surface area contributed by atoms with Gasteiger partial charge >= 0.3 is 5.97 Å². The van der Waals surface area contributed by atoms with Crippen LogP contribution in [-0.2, 0) is 14.3 Å².